The van der Waals surface area contributed by atoms with Crippen molar-refractivity contribution in [2.24, 2.45) is 0 Å². The highest BCUT2D eigenvalue weighted by Crippen LogP contribution is 2.19. The van der Waals surface area contributed by atoms with E-state index in [2.05, 4.69) is 34.0 Å². The van der Waals surface area contributed by atoms with E-state index in [0.717, 1.165) is 15.6 Å². The van der Waals surface area contributed by atoms with Crippen LogP contribution in [0.2, 0.25) is 0 Å². The molecule has 0 N–H and O–H groups in total. The van der Waals surface area contributed by atoms with E-state index < -0.39 is 0 Å². The number of carbonyl (C=O) groups is 1. The van der Waals surface area contributed by atoms with Crippen LogP contribution in [0.1, 0.15) is 27.2 Å². The molecule has 88 valence electrons. The smallest absolute Gasteiger partial charge is 0.164 e. The number of halogens is 1. The van der Waals surface area contributed by atoms with Crippen molar-refractivity contribution in [3.63, 3.8) is 0 Å². The minimum atomic E-state index is 0.242. The molecule has 0 bridgehead atoms. The van der Waals surface area contributed by atoms with E-state index in [1.165, 1.54) is 10.4 Å². The van der Waals surface area contributed by atoms with Crippen LogP contribution in [0.4, 0.5) is 0 Å². The Kier molecular flexibility index (Phi) is 4.34. The number of carbonyl (C=O) groups excluding carboxylic acids is 1. The van der Waals surface area contributed by atoms with Crippen molar-refractivity contribution >= 4 is 39.7 Å². The Balaban J connectivity index is 2.07. The molecule has 0 fully saturated rings. The first-order chi connectivity index (χ1) is 8.18. The zero-order valence-corrected chi connectivity index (χ0v) is 12.5. The lowest BCUT2D eigenvalue weighted by atomic mass is 10.0. The van der Waals surface area contributed by atoms with Gasteiger partial charge in [-0.3, -0.25) is 4.79 Å². The van der Waals surface area contributed by atoms with Gasteiger partial charge in [0.1, 0.15) is 0 Å². The third kappa shape index (κ3) is 3.16. The number of benzene rings is 1. The van der Waals surface area contributed by atoms with Gasteiger partial charge in [0.15, 0.2) is 5.78 Å². The van der Waals surface area contributed by atoms with Gasteiger partial charge in [-0.1, -0.05) is 24.3 Å². The summed E-state index contributed by atoms with van der Waals surface area (Å²) in [6.45, 7) is 2.04. The predicted octanol–water partition coefficient (Wildman–Crippen LogP) is 4.48. The summed E-state index contributed by atoms with van der Waals surface area (Å²) in [5.41, 5.74) is 2.04. The van der Waals surface area contributed by atoms with Crippen LogP contribution in [0, 0.1) is 10.5 Å². The fourth-order valence-corrected chi connectivity index (χ4v) is 3.06. The molecular weight excluding hydrogens is 343 g/mol. The van der Waals surface area contributed by atoms with Gasteiger partial charge in [0.2, 0.25) is 0 Å². The van der Waals surface area contributed by atoms with Crippen LogP contribution in [-0.2, 0) is 6.42 Å². The third-order valence-corrected chi connectivity index (χ3v) is 5.04. The summed E-state index contributed by atoms with van der Waals surface area (Å²) < 4.78 is 1.08. The van der Waals surface area contributed by atoms with Crippen LogP contribution in [0.25, 0.3) is 0 Å². The summed E-state index contributed by atoms with van der Waals surface area (Å²) in [6.07, 6.45) is 1.44. The molecule has 1 heterocycles. The average Bonchev–Trinajstić information content (AvgIpc) is 2.82. The largest absolute Gasteiger partial charge is 0.294 e. The van der Waals surface area contributed by atoms with E-state index in [-0.39, 0.29) is 5.78 Å². The number of rotatable bonds is 4. The van der Waals surface area contributed by atoms with Crippen LogP contribution >= 0.6 is 33.9 Å². The number of thiophene rings is 1. The Morgan fingerprint density at radius 3 is 2.82 bits per heavy atom. The van der Waals surface area contributed by atoms with Gasteiger partial charge in [-0.2, -0.15) is 0 Å². The van der Waals surface area contributed by atoms with Gasteiger partial charge in [-0.25, -0.2) is 0 Å². The summed E-state index contributed by atoms with van der Waals surface area (Å²) in [4.78, 5) is 13.4. The molecule has 17 heavy (non-hydrogen) atoms. The van der Waals surface area contributed by atoms with Gasteiger partial charge in [0.05, 0.1) is 0 Å². The van der Waals surface area contributed by atoms with Crippen molar-refractivity contribution < 1.29 is 4.79 Å². The highest BCUT2D eigenvalue weighted by molar-refractivity contribution is 14.1. The van der Waals surface area contributed by atoms with E-state index in [0.29, 0.717) is 6.42 Å². The summed E-state index contributed by atoms with van der Waals surface area (Å²) in [7, 11) is 0. The van der Waals surface area contributed by atoms with E-state index in [9.17, 15) is 4.79 Å². The molecule has 2 aromatic rings. The van der Waals surface area contributed by atoms with Gasteiger partial charge in [-0.05, 0) is 52.9 Å². The molecule has 3 heteroatoms. The zero-order valence-electron chi connectivity index (χ0n) is 9.57. The first-order valence-electron chi connectivity index (χ1n) is 5.49. The second-order valence-corrected chi connectivity index (χ2v) is 6.05. The molecule has 1 aromatic heterocycles. The third-order valence-electron chi connectivity index (χ3n) is 2.67. The van der Waals surface area contributed by atoms with Crippen LogP contribution in [-0.4, -0.2) is 5.78 Å². The Labute approximate surface area is 119 Å². The molecule has 0 aliphatic rings. The van der Waals surface area contributed by atoms with E-state index in [1.54, 1.807) is 11.3 Å². The maximum atomic E-state index is 12.1. The Morgan fingerprint density at radius 1 is 1.29 bits per heavy atom. The summed E-state index contributed by atoms with van der Waals surface area (Å²) in [5, 5.41) is 2.05. The Morgan fingerprint density at radius 2 is 2.12 bits per heavy atom. The molecule has 0 radical (unpaired) electrons. The molecule has 2 rings (SSSR count). The molecule has 1 nitrogen and oxygen atoms in total. The fourth-order valence-electron chi connectivity index (χ4n) is 1.69. The van der Waals surface area contributed by atoms with E-state index in [4.69, 9.17) is 0 Å². The Hall–Kier alpha value is -0.680. The molecule has 0 aliphatic carbocycles. The highest BCUT2D eigenvalue weighted by atomic mass is 127. The van der Waals surface area contributed by atoms with Crippen molar-refractivity contribution in [2.75, 3.05) is 0 Å². The number of hydrogen-bond acceptors (Lipinski definition) is 2. The van der Waals surface area contributed by atoms with Crippen LogP contribution in [0.5, 0.6) is 0 Å². The standard InChI is InChI=1S/C14H13IOS/c1-10-4-2-6-12(14(10)15)13(16)8-7-11-5-3-9-17-11/h2-6,9H,7-8H2,1H3. The van der Waals surface area contributed by atoms with Crippen molar-refractivity contribution in [1.29, 1.82) is 0 Å². The van der Waals surface area contributed by atoms with Crippen molar-refractivity contribution in [3.05, 3.63) is 55.3 Å². The first-order valence-corrected chi connectivity index (χ1v) is 7.45. The second-order valence-electron chi connectivity index (χ2n) is 3.94. The highest BCUT2D eigenvalue weighted by Gasteiger charge is 2.11. The van der Waals surface area contributed by atoms with Crippen LogP contribution in [0.3, 0.4) is 0 Å². The first kappa shape index (κ1) is 12.8. The maximum absolute atomic E-state index is 12.1. The van der Waals surface area contributed by atoms with Gasteiger partial charge >= 0.3 is 0 Å². The van der Waals surface area contributed by atoms with Gasteiger partial charge in [0, 0.05) is 20.4 Å². The topological polar surface area (TPSA) is 17.1 Å². The molecular formula is C14H13IOS. The normalized spacial score (nSPS) is 10.5. The number of aryl methyl sites for hydroxylation is 2. The van der Waals surface area contributed by atoms with Crippen molar-refractivity contribution in [2.45, 2.75) is 19.8 Å². The van der Waals surface area contributed by atoms with Gasteiger partial charge in [0.25, 0.3) is 0 Å². The quantitative estimate of drug-likeness (QED) is 0.583. The number of Topliss-reactive ketones (excluding diaryl/α,β-unsaturated/α-hetero) is 1. The SMILES string of the molecule is Cc1cccc(C(=O)CCc2cccs2)c1I. The molecule has 0 atom stereocenters. The summed E-state index contributed by atoms with van der Waals surface area (Å²) in [5.74, 6) is 0.242. The van der Waals surface area contributed by atoms with E-state index in [1.807, 2.05) is 31.2 Å². The molecule has 0 unspecified atom stereocenters. The molecule has 0 saturated carbocycles. The monoisotopic (exact) mass is 356 g/mol. The molecule has 0 saturated heterocycles. The van der Waals surface area contributed by atoms with Crippen LogP contribution < -0.4 is 0 Å². The zero-order chi connectivity index (χ0) is 12.3. The lowest BCUT2D eigenvalue weighted by molar-refractivity contribution is 0.0982. The van der Waals surface area contributed by atoms with Crippen molar-refractivity contribution in [3.8, 4) is 0 Å². The number of ketones is 1. The van der Waals surface area contributed by atoms with Gasteiger partial charge in [-0.15, -0.1) is 11.3 Å². The Bertz CT molecular complexity index is 517. The predicted molar refractivity (Wildman–Crippen MR) is 80.9 cm³/mol. The second kappa shape index (κ2) is 5.78. The average molecular weight is 356 g/mol. The lowest BCUT2D eigenvalue weighted by Gasteiger charge is -2.05. The van der Waals surface area contributed by atoms with Gasteiger partial charge < -0.3 is 0 Å². The summed E-state index contributed by atoms with van der Waals surface area (Å²) >= 11 is 3.97. The summed E-state index contributed by atoms with van der Waals surface area (Å²) in [6, 6.07) is 10.0. The maximum Gasteiger partial charge on any atom is 0.164 e. The molecule has 0 spiro atoms. The lowest BCUT2D eigenvalue weighted by Crippen LogP contribution is -2.04. The minimum Gasteiger partial charge on any atom is -0.294 e. The minimum absolute atomic E-state index is 0.242. The van der Waals surface area contributed by atoms with Crippen molar-refractivity contribution in [1.82, 2.24) is 0 Å². The molecule has 0 amide bonds. The fraction of sp³-hybridized carbons (Fsp3) is 0.214. The molecule has 0 aliphatic heterocycles. The van der Waals surface area contributed by atoms with Crippen LogP contribution in [0.15, 0.2) is 35.7 Å². The number of hydrogen-bond donors (Lipinski definition) is 0. The molecule has 1 aromatic carbocycles. The van der Waals surface area contributed by atoms with E-state index >= 15 is 0 Å².